The Morgan fingerprint density at radius 2 is 1.11 bits per heavy atom. The first-order valence-electron chi connectivity index (χ1n) is 12.8. The van der Waals surface area contributed by atoms with Crippen molar-refractivity contribution in [1.29, 1.82) is 0 Å². The molecule has 0 aromatic carbocycles. The van der Waals surface area contributed by atoms with E-state index in [0.29, 0.717) is 74.2 Å². The third kappa shape index (κ3) is 5.91. The number of unbranched alkanes of at least 4 members (excludes halogenated alkanes) is 4. The van der Waals surface area contributed by atoms with Crippen molar-refractivity contribution in [1.82, 2.24) is 9.80 Å². The molecule has 0 bridgehead atoms. The van der Waals surface area contributed by atoms with Crippen LogP contribution in [0.3, 0.4) is 0 Å². The van der Waals surface area contributed by atoms with Crippen molar-refractivity contribution in [2.75, 3.05) is 27.3 Å². The van der Waals surface area contributed by atoms with Gasteiger partial charge in [-0.15, -0.1) is 22.7 Å². The van der Waals surface area contributed by atoms with Gasteiger partial charge in [0.15, 0.2) is 0 Å². The highest BCUT2D eigenvalue weighted by Gasteiger charge is 2.48. The number of thiophene rings is 2. The van der Waals surface area contributed by atoms with Crippen LogP contribution in [0.2, 0.25) is 0 Å². The van der Waals surface area contributed by atoms with Crippen LogP contribution in [-0.4, -0.2) is 60.9 Å². The number of nitrogens with zero attached hydrogens (tertiary/aromatic N) is 2. The normalized spacial score (nSPS) is 15.1. The molecule has 0 saturated heterocycles. The van der Waals surface area contributed by atoms with Crippen molar-refractivity contribution >= 4 is 57.8 Å². The molecule has 4 rings (SSSR count). The highest BCUT2D eigenvalue weighted by Crippen LogP contribution is 2.48. The summed E-state index contributed by atoms with van der Waals surface area (Å²) in [4.78, 5) is 56.0. The minimum Gasteiger partial charge on any atom is -0.469 e. The van der Waals surface area contributed by atoms with Gasteiger partial charge in [-0.25, -0.2) is 0 Å². The maximum Gasteiger partial charge on any atom is 0.305 e. The first-order valence-corrected chi connectivity index (χ1v) is 14.6. The van der Waals surface area contributed by atoms with Gasteiger partial charge >= 0.3 is 11.9 Å². The number of amides is 2. The monoisotopic (exact) mass is 556 g/mol. The molecule has 2 aliphatic heterocycles. The van der Waals surface area contributed by atoms with Gasteiger partial charge in [0.25, 0.3) is 11.8 Å². The van der Waals surface area contributed by atoms with Gasteiger partial charge in [0.2, 0.25) is 0 Å². The summed E-state index contributed by atoms with van der Waals surface area (Å²) in [6.07, 6.45) is 5.04. The zero-order valence-electron chi connectivity index (χ0n) is 21.7. The van der Waals surface area contributed by atoms with E-state index < -0.39 is 0 Å². The molecule has 2 aliphatic rings. The lowest BCUT2D eigenvalue weighted by Gasteiger charge is -2.24. The number of fused-ring (bicyclic) bond motifs is 1. The van der Waals surface area contributed by atoms with E-state index in [1.54, 1.807) is 9.80 Å². The van der Waals surface area contributed by atoms with Crippen molar-refractivity contribution < 1.29 is 28.7 Å². The second kappa shape index (κ2) is 13.0. The van der Waals surface area contributed by atoms with E-state index in [-0.39, 0.29) is 23.8 Å². The van der Waals surface area contributed by atoms with Crippen molar-refractivity contribution in [2.45, 2.75) is 51.4 Å². The van der Waals surface area contributed by atoms with E-state index in [1.807, 2.05) is 35.0 Å². The number of methoxy groups -OCH3 is 2. The summed E-state index contributed by atoms with van der Waals surface area (Å²) in [5.74, 6) is -0.776. The molecule has 0 radical (unpaired) electrons. The number of carbonyl (C=O) groups excluding carboxylic acids is 4. The fourth-order valence-corrected chi connectivity index (χ4v) is 6.37. The van der Waals surface area contributed by atoms with Crippen LogP contribution in [0.15, 0.2) is 46.2 Å². The van der Waals surface area contributed by atoms with Gasteiger partial charge in [-0.2, -0.15) is 0 Å². The Bertz CT molecular complexity index is 1130. The molecule has 2 aromatic heterocycles. The molecule has 0 unspecified atom stereocenters. The van der Waals surface area contributed by atoms with E-state index >= 15 is 0 Å². The first-order chi connectivity index (χ1) is 18.5. The Kier molecular flexibility index (Phi) is 9.52. The lowest BCUT2D eigenvalue weighted by molar-refractivity contribution is -0.141. The van der Waals surface area contributed by atoms with Crippen LogP contribution in [0.4, 0.5) is 0 Å². The number of carbonyl (C=O) groups is 4. The molecule has 38 heavy (non-hydrogen) atoms. The van der Waals surface area contributed by atoms with Crippen LogP contribution in [-0.2, 0) is 28.7 Å². The summed E-state index contributed by atoms with van der Waals surface area (Å²) < 4.78 is 9.42. The standard InChI is InChI=1S/C28H32N2O6S2/c1-35-21(31)13-5-3-7-15-29-25(19-11-9-17-37-19)23-24(27(29)33)26(20-12-10-18-38-20)30(28(23)34)16-8-4-6-14-22(32)36-2/h9-12,17-18H,3-8,13-16H2,1-2H3. The summed E-state index contributed by atoms with van der Waals surface area (Å²) in [6.45, 7) is 0.942. The Hall–Kier alpha value is -3.24. The maximum atomic E-state index is 13.9. The number of hydrogen-bond acceptors (Lipinski definition) is 8. The number of hydrogen-bond donors (Lipinski definition) is 0. The summed E-state index contributed by atoms with van der Waals surface area (Å²) in [5, 5.41) is 3.89. The summed E-state index contributed by atoms with van der Waals surface area (Å²) in [6, 6.07) is 7.74. The van der Waals surface area contributed by atoms with E-state index in [4.69, 9.17) is 9.47 Å². The molecule has 0 aliphatic carbocycles. The second-order valence-electron chi connectivity index (χ2n) is 9.09. The van der Waals surface area contributed by atoms with Gasteiger partial charge in [-0.05, 0) is 48.6 Å². The van der Waals surface area contributed by atoms with Gasteiger partial charge in [0.1, 0.15) is 0 Å². The molecule has 0 spiro atoms. The zero-order chi connectivity index (χ0) is 27.1. The smallest absolute Gasteiger partial charge is 0.305 e. The molecule has 4 heterocycles. The van der Waals surface area contributed by atoms with Crippen LogP contribution >= 0.6 is 22.7 Å². The molecular weight excluding hydrogens is 524 g/mol. The highest BCUT2D eigenvalue weighted by atomic mass is 32.1. The molecule has 8 nitrogen and oxygen atoms in total. The number of rotatable bonds is 14. The fourth-order valence-electron chi connectivity index (χ4n) is 4.80. The van der Waals surface area contributed by atoms with Gasteiger partial charge in [0, 0.05) is 25.9 Å². The minimum absolute atomic E-state index is 0.152. The van der Waals surface area contributed by atoms with Gasteiger partial charge in [-0.1, -0.05) is 25.0 Å². The first kappa shape index (κ1) is 27.8. The topological polar surface area (TPSA) is 93.2 Å². The Morgan fingerprint density at radius 1 is 0.684 bits per heavy atom. The third-order valence-corrected chi connectivity index (χ3v) is 8.42. The lowest BCUT2D eigenvalue weighted by Crippen LogP contribution is -2.30. The van der Waals surface area contributed by atoms with Crippen LogP contribution in [0, 0.1) is 0 Å². The minimum atomic E-state index is -0.236. The highest BCUT2D eigenvalue weighted by molar-refractivity contribution is 7.11. The largest absolute Gasteiger partial charge is 0.469 e. The fraction of sp³-hybridized carbons (Fsp3) is 0.429. The van der Waals surface area contributed by atoms with Crippen molar-refractivity contribution in [2.24, 2.45) is 0 Å². The second-order valence-corrected chi connectivity index (χ2v) is 11.0. The summed E-state index contributed by atoms with van der Waals surface area (Å²) in [7, 11) is 2.76. The molecule has 0 saturated carbocycles. The van der Waals surface area contributed by atoms with Crippen LogP contribution in [0.5, 0.6) is 0 Å². The Balaban J connectivity index is 1.59. The van der Waals surface area contributed by atoms with Crippen LogP contribution < -0.4 is 0 Å². The maximum absolute atomic E-state index is 13.9. The lowest BCUT2D eigenvalue weighted by atomic mass is 10.1. The molecule has 0 atom stereocenters. The van der Waals surface area contributed by atoms with E-state index in [9.17, 15) is 19.2 Å². The predicted molar refractivity (Wildman–Crippen MR) is 147 cm³/mol. The molecule has 2 amide bonds. The molecule has 0 fully saturated rings. The predicted octanol–water partition coefficient (Wildman–Crippen LogP) is 5.08. The molecule has 10 heteroatoms. The third-order valence-electron chi connectivity index (χ3n) is 6.67. The van der Waals surface area contributed by atoms with Crippen molar-refractivity contribution in [3.63, 3.8) is 0 Å². The average molecular weight is 557 g/mol. The van der Waals surface area contributed by atoms with E-state index in [2.05, 4.69) is 0 Å². The van der Waals surface area contributed by atoms with E-state index in [1.165, 1.54) is 36.9 Å². The SMILES string of the molecule is COC(=O)CCCCCN1C(=O)C2=C(c3cccs3)N(CCCCCC(=O)OC)C(=O)C2=C1c1cccs1. The summed E-state index contributed by atoms with van der Waals surface area (Å²) >= 11 is 3.02. The Morgan fingerprint density at radius 3 is 1.45 bits per heavy atom. The molecule has 0 N–H and O–H groups in total. The van der Waals surface area contributed by atoms with Gasteiger partial charge < -0.3 is 19.3 Å². The molecular formula is C28H32N2O6S2. The van der Waals surface area contributed by atoms with Crippen LogP contribution in [0.1, 0.15) is 61.1 Å². The molecule has 2 aromatic rings. The summed E-state index contributed by atoms with van der Waals surface area (Å²) in [5.41, 5.74) is 2.32. The number of ether oxygens (including phenoxy) is 2. The van der Waals surface area contributed by atoms with Gasteiger partial charge in [0.05, 0.1) is 46.5 Å². The van der Waals surface area contributed by atoms with Gasteiger partial charge in [-0.3, -0.25) is 19.2 Å². The van der Waals surface area contributed by atoms with Crippen molar-refractivity contribution in [3.8, 4) is 0 Å². The Labute approximate surface area is 230 Å². The number of esters is 2. The average Bonchev–Trinajstić information content (AvgIpc) is 3.72. The zero-order valence-corrected chi connectivity index (χ0v) is 23.3. The quantitative estimate of drug-likeness (QED) is 0.238. The van der Waals surface area contributed by atoms with Crippen LogP contribution in [0.25, 0.3) is 11.4 Å². The van der Waals surface area contributed by atoms with E-state index in [0.717, 1.165) is 22.6 Å². The van der Waals surface area contributed by atoms with Crippen molar-refractivity contribution in [3.05, 3.63) is 55.9 Å². The molecule has 202 valence electrons.